The van der Waals surface area contributed by atoms with Gasteiger partial charge in [0.1, 0.15) is 11.5 Å². The minimum Gasteiger partial charge on any atom is -0.424 e. The zero-order valence-corrected chi connectivity index (χ0v) is 23.4. The first-order chi connectivity index (χ1) is 21.2. The summed E-state index contributed by atoms with van der Waals surface area (Å²) < 4.78 is 5.63. The number of carbonyl (C=O) groups excluding carboxylic acids is 4. The molecule has 44 heavy (non-hydrogen) atoms. The van der Waals surface area contributed by atoms with Crippen LogP contribution in [0.5, 0.6) is 5.75 Å². The summed E-state index contributed by atoms with van der Waals surface area (Å²) in [6.07, 6.45) is 3.50. The second-order valence-electron chi connectivity index (χ2n) is 11.1. The smallest absolute Gasteiger partial charge is 0.308 e. The molecule has 4 aromatic rings. The molecule has 0 saturated carbocycles. The second kappa shape index (κ2) is 9.95. The summed E-state index contributed by atoms with van der Waals surface area (Å²) in [4.78, 5) is 69.6. The Kier molecular flexibility index (Phi) is 6.14. The standard InChI is InChI=1S/C35H24N2O7/c1-20(38)44-27-16-8-11-21-17-18-28-35(33(40)25-14-5-6-15-26(25)34(35)41)29(23-12-7-13-24(19-23)37(42)43)31(36(28)30(21)27)32(39)22-9-3-2-4-10-22/h2-19,28-29,31H,1H3/t28-,29-,31-/m1/s1. The van der Waals surface area contributed by atoms with Crippen molar-refractivity contribution in [2.75, 3.05) is 4.90 Å². The van der Waals surface area contributed by atoms with Crippen molar-refractivity contribution in [3.8, 4) is 5.75 Å². The molecule has 0 amide bonds. The molecule has 2 aliphatic heterocycles. The van der Waals surface area contributed by atoms with Crippen molar-refractivity contribution in [2.45, 2.75) is 24.9 Å². The Bertz CT molecular complexity index is 1910. The molecule has 1 saturated heterocycles. The molecular formula is C35H24N2O7. The molecular weight excluding hydrogens is 560 g/mol. The molecule has 1 spiro atoms. The maximum Gasteiger partial charge on any atom is 0.308 e. The number of ether oxygens (including phenoxy) is 1. The van der Waals surface area contributed by atoms with Gasteiger partial charge in [-0.1, -0.05) is 91.0 Å². The molecule has 9 nitrogen and oxygen atoms in total. The van der Waals surface area contributed by atoms with Gasteiger partial charge in [0.15, 0.2) is 23.1 Å². The van der Waals surface area contributed by atoms with E-state index in [1.54, 1.807) is 95.9 Å². The van der Waals surface area contributed by atoms with Gasteiger partial charge in [-0.25, -0.2) is 0 Å². The number of nitro benzene ring substituents is 1. The van der Waals surface area contributed by atoms with Crippen LogP contribution in [-0.4, -0.2) is 40.3 Å². The van der Waals surface area contributed by atoms with Crippen molar-refractivity contribution >= 4 is 40.8 Å². The van der Waals surface area contributed by atoms with E-state index in [9.17, 15) is 29.3 Å². The molecule has 0 aromatic heterocycles. The maximum absolute atomic E-state index is 14.8. The van der Waals surface area contributed by atoms with Gasteiger partial charge in [-0.15, -0.1) is 0 Å². The number of hydrogen-bond donors (Lipinski definition) is 0. The van der Waals surface area contributed by atoms with E-state index in [4.69, 9.17) is 4.74 Å². The number of hydrogen-bond acceptors (Lipinski definition) is 8. The summed E-state index contributed by atoms with van der Waals surface area (Å²) in [5.41, 5.74) is 0.00890. The number of ketones is 3. The molecule has 4 aromatic carbocycles. The van der Waals surface area contributed by atoms with Gasteiger partial charge in [0.05, 0.1) is 16.7 Å². The minimum absolute atomic E-state index is 0.167. The van der Waals surface area contributed by atoms with Gasteiger partial charge in [0.2, 0.25) is 0 Å². The fraction of sp³-hybridized carbons (Fsp3) is 0.143. The van der Waals surface area contributed by atoms with Gasteiger partial charge < -0.3 is 9.64 Å². The zero-order chi connectivity index (χ0) is 30.7. The third-order valence-corrected chi connectivity index (χ3v) is 8.81. The molecule has 9 heteroatoms. The van der Waals surface area contributed by atoms with E-state index in [2.05, 4.69) is 0 Å². The molecule has 216 valence electrons. The van der Waals surface area contributed by atoms with Crippen molar-refractivity contribution in [3.05, 3.63) is 141 Å². The van der Waals surface area contributed by atoms with E-state index in [1.807, 2.05) is 0 Å². The SMILES string of the molecule is CC(=O)Oc1cccc2c1N1[C@@H](C(=O)c3ccccc3)[C@@H](c3cccc([N+](=O)[O-])c3)C3(C(=O)c4ccccc4C3=O)[C@H]1C=C2. The highest BCUT2D eigenvalue weighted by molar-refractivity contribution is 6.32. The quantitative estimate of drug-likeness (QED) is 0.0716. The molecule has 0 unspecified atom stereocenters. The Balaban J connectivity index is 1.58. The van der Waals surface area contributed by atoms with Crippen LogP contribution in [-0.2, 0) is 4.79 Å². The molecule has 2 heterocycles. The van der Waals surface area contributed by atoms with E-state index in [1.165, 1.54) is 25.1 Å². The van der Waals surface area contributed by atoms with E-state index in [0.717, 1.165) is 0 Å². The largest absolute Gasteiger partial charge is 0.424 e. The van der Waals surface area contributed by atoms with Crippen LogP contribution in [0.1, 0.15) is 55.0 Å². The van der Waals surface area contributed by atoms with E-state index < -0.39 is 45.9 Å². The molecule has 7 rings (SSSR count). The molecule has 3 atom stereocenters. The summed E-state index contributed by atoms with van der Waals surface area (Å²) in [5, 5.41) is 11.9. The Labute approximate surface area is 251 Å². The summed E-state index contributed by atoms with van der Waals surface area (Å²) in [7, 11) is 0. The molecule has 1 aliphatic carbocycles. The van der Waals surface area contributed by atoms with Crippen LogP contribution >= 0.6 is 0 Å². The lowest BCUT2D eigenvalue weighted by Gasteiger charge is -2.37. The number of carbonyl (C=O) groups is 4. The Morgan fingerprint density at radius 1 is 0.864 bits per heavy atom. The van der Waals surface area contributed by atoms with Gasteiger partial charge in [0.25, 0.3) is 5.69 Å². The highest BCUT2D eigenvalue weighted by Gasteiger charge is 2.71. The Morgan fingerprint density at radius 2 is 1.52 bits per heavy atom. The Hall–Kier alpha value is -5.70. The number of nitrogens with zero attached hydrogens (tertiary/aromatic N) is 2. The van der Waals surface area contributed by atoms with Crippen molar-refractivity contribution in [1.29, 1.82) is 0 Å². The van der Waals surface area contributed by atoms with Crippen LogP contribution in [0.25, 0.3) is 6.08 Å². The van der Waals surface area contributed by atoms with Crippen molar-refractivity contribution in [1.82, 2.24) is 0 Å². The normalized spacial score (nSPS) is 20.7. The Morgan fingerprint density at radius 3 is 2.18 bits per heavy atom. The van der Waals surface area contributed by atoms with Crippen LogP contribution < -0.4 is 9.64 Å². The van der Waals surface area contributed by atoms with Crippen LogP contribution in [0.4, 0.5) is 11.4 Å². The number of Topliss-reactive ketones (excluding diaryl/α,β-unsaturated/α-hetero) is 3. The lowest BCUT2D eigenvalue weighted by atomic mass is 9.64. The van der Waals surface area contributed by atoms with Crippen LogP contribution in [0.3, 0.4) is 0 Å². The van der Waals surface area contributed by atoms with Crippen molar-refractivity contribution in [3.63, 3.8) is 0 Å². The van der Waals surface area contributed by atoms with E-state index in [0.29, 0.717) is 22.4 Å². The van der Waals surface area contributed by atoms with Crippen LogP contribution in [0, 0.1) is 15.5 Å². The monoisotopic (exact) mass is 584 g/mol. The summed E-state index contributed by atoms with van der Waals surface area (Å²) in [6, 6.07) is 23.7. The van der Waals surface area contributed by atoms with Crippen LogP contribution in [0.2, 0.25) is 0 Å². The number of esters is 1. The number of rotatable bonds is 5. The van der Waals surface area contributed by atoms with Gasteiger partial charge >= 0.3 is 5.97 Å². The number of nitro groups is 1. The fourth-order valence-electron chi connectivity index (χ4n) is 7.20. The lowest BCUT2D eigenvalue weighted by molar-refractivity contribution is -0.384. The average Bonchev–Trinajstić information content (AvgIpc) is 3.47. The van der Waals surface area contributed by atoms with Gasteiger partial charge in [-0.2, -0.15) is 0 Å². The third kappa shape index (κ3) is 3.72. The van der Waals surface area contributed by atoms with Crippen molar-refractivity contribution < 1.29 is 28.8 Å². The highest BCUT2D eigenvalue weighted by atomic mass is 16.6. The third-order valence-electron chi connectivity index (χ3n) is 8.81. The van der Waals surface area contributed by atoms with E-state index in [-0.39, 0.29) is 28.3 Å². The first kappa shape index (κ1) is 27.2. The molecule has 0 radical (unpaired) electrons. The summed E-state index contributed by atoms with van der Waals surface area (Å²) in [6.45, 7) is 1.26. The van der Waals surface area contributed by atoms with E-state index >= 15 is 0 Å². The number of anilines is 1. The van der Waals surface area contributed by atoms with Crippen LogP contribution in [0.15, 0.2) is 103 Å². The fourth-order valence-corrected chi connectivity index (χ4v) is 7.20. The lowest BCUT2D eigenvalue weighted by Crippen LogP contribution is -2.48. The molecule has 0 N–H and O–H groups in total. The topological polar surface area (TPSA) is 124 Å². The number of para-hydroxylation sites is 1. The maximum atomic E-state index is 14.8. The average molecular weight is 585 g/mol. The first-order valence-electron chi connectivity index (χ1n) is 14.1. The predicted molar refractivity (Wildman–Crippen MR) is 161 cm³/mol. The minimum atomic E-state index is -1.86. The van der Waals surface area contributed by atoms with Gasteiger partial charge in [-0.05, 0) is 11.6 Å². The highest BCUT2D eigenvalue weighted by Crippen LogP contribution is 2.62. The van der Waals surface area contributed by atoms with Gasteiger partial charge in [0, 0.05) is 47.2 Å². The molecule has 1 fully saturated rings. The summed E-state index contributed by atoms with van der Waals surface area (Å²) >= 11 is 0. The first-order valence-corrected chi connectivity index (χ1v) is 14.1. The number of fused-ring (bicyclic) bond motifs is 5. The predicted octanol–water partition coefficient (Wildman–Crippen LogP) is 5.84. The molecule has 3 aliphatic rings. The van der Waals surface area contributed by atoms with Crippen molar-refractivity contribution in [2.24, 2.45) is 5.41 Å². The molecule has 0 bridgehead atoms. The zero-order valence-electron chi connectivity index (χ0n) is 23.4. The number of benzene rings is 4. The number of non-ortho nitro benzene ring substituents is 1. The summed E-state index contributed by atoms with van der Waals surface area (Å²) in [5.74, 6) is -2.88. The van der Waals surface area contributed by atoms with Gasteiger partial charge in [-0.3, -0.25) is 29.3 Å². The second-order valence-corrected chi connectivity index (χ2v) is 11.1.